The molecule has 0 spiro atoms. The Morgan fingerprint density at radius 3 is 1.92 bits per heavy atom. The molecule has 3 atom stereocenters. The van der Waals surface area contributed by atoms with Crippen molar-refractivity contribution in [1.29, 1.82) is 0 Å². The van der Waals surface area contributed by atoms with Crippen LogP contribution in [0.15, 0.2) is 48.6 Å². The normalized spacial score (nSPS) is 14.5. The van der Waals surface area contributed by atoms with Crippen LogP contribution in [0.25, 0.3) is 0 Å². The number of phosphoric acid groups is 1. The van der Waals surface area contributed by atoms with Gasteiger partial charge in [0, 0.05) is 19.3 Å². The van der Waals surface area contributed by atoms with Gasteiger partial charge in [0.25, 0.3) is 0 Å². The quantitative estimate of drug-likeness (QED) is 0.0139. The third kappa shape index (κ3) is 36.4. The third-order valence-corrected chi connectivity index (χ3v) is 9.09. The number of carbonyl (C=O) groups is 3. The number of aliphatic hydroxyl groups excluding tert-OH is 2. The highest BCUT2D eigenvalue weighted by molar-refractivity contribution is 7.47. The smallest absolute Gasteiger partial charge is 0.462 e. The molecule has 12 heteroatoms. The van der Waals surface area contributed by atoms with Gasteiger partial charge in [0.05, 0.1) is 19.8 Å². The second kappa shape index (κ2) is 35.3. The van der Waals surface area contributed by atoms with E-state index in [0.717, 1.165) is 57.3 Å². The Kier molecular flexibility index (Phi) is 33.7. The van der Waals surface area contributed by atoms with Crippen LogP contribution in [0.5, 0.6) is 0 Å². The minimum Gasteiger partial charge on any atom is -0.462 e. The van der Waals surface area contributed by atoms with Gasteiger partial charge in [-0.15, -0.1) is 0 Å². The van der Waals surface area contributed by atoms with Gasteiger partial charge in [0.2, 0.25) is 0 Å². The summed E-state index contributed by atoms with van der Waals surface area (Å²) >= 11 is 0. The number of ether oxygens (including phenoxy) is 2. The van der Waals surface area contributed by atoms with Crippen LogP contribution in [0, 0.1) is 5.92 Å². The van der Waals surface area contributed by atoms with Gasteiger partial charge in [-0.3, -0.25) is 23.4 Å². The van der Waals surface area contributed by atoms with E-state index in [9.17, 15) is 28.9 Å². The number of hydrogen-bond donors (Lipinski definition) is 3. The van der Waals surface area contributed by atoms with Crippen molar-refractivity contribution >= 4 is 25.5 Å². The molecule has 11 nitrogen and oxygen atoms in total. The lowest BCUT2D eigenvalue weighted by atomic mass is 10.0. The molecule has 0 amide bonds. The monoisotopic (exact) mass is 770 g/mol. The van der Waals surface area contributed by atoms with Crippen LogP contribution in [-0.4, -0.2) is 71.5 Å². The van der Waals surface area contributed by atoms with Gasteiger partial charge in [0.15, 0.2) is 11.9 Å². The standard InChI is InChI=1S/C41H71O11P/c1-4-5-22-28-37(43)29-24-19-15-11-7-6-8-12-16-20-25-30-40(45)49-34-39(35-51-53(47,48)50-33-38(44)32-42)52-41(46)31-26-21-17-13-9-10-14-18-23-27-36(2)3/h6-7,12,15-16,19,24,29,36,38-39,42,44H,4-5,8-11,13-14,17-18,20-23,25-28,30-35H2,1-3H3,(H,47,48)/b7-6-,16-12-,19-15-,29-24+/t38-,39+/m0/s1. The maximum atomic E-state index is 12.5. The molecule has 0 aromatic rings. The highest BCUT2D eigenvalue weighted by Crippen LogP contribution is 2.43. The highest BCUT2D eigenvalue weighted by atomic mass is 31.2. The summed E-state index contributed by atoms with van der Waals surface area (Å²) in [6.07, 6.45) is 30.8. The Hall–Kier alpha value is -2.40. The van der Waals surface area contributed by atoms with Crippen molar-refractivity contribution in [3.63, 3.8) is 0 Å². The summed E-state index contributed by atoms with van der Waals surface area (Å²) in [6.45, 7) is 4.40. The summed E-state index contributed by atoms with van der Waals surface area (Å²) in [6, 6.07) is 0. The number of phosphoric ester groups is 1. The maximum absolute atomic E-state index is 12.5. The molecule has 0 radical (unpaired) electrons. The minimum atomic E-state index is -4.64. The van der Waals surface area contributed by atoms with Crippen molar-refractivity contribution in [3.05, 3.63) is 48.6 Å². The van der Waals surface area contributed by atoms with Gasteiger partial charge >= 0.3 is 19.8 Å². The van der Waals surface area contributed by atoms with E-state index in [2.05, 4.69) is 25.3 Å². The van der Waals surface area contributed by atoms with Crippen molar-refractivity contribution in [2.45, 2.75) is 161 Å². The molecule has 0 aromatic carbocycles. The molecule has 1 unspecified atom stereocenters. The molecule has 0 saturated carbocycles. The first-order chi connectivity index (χ1) is 25.5. The number of unbranched alkanes of at least 4 members (excludes halogenated alkanes) is 11. The predicted molar refractivity (Wildman–Crippen MR) is 210 cm³/mol. The minimum absolute atomic E-state index is 0.139. The number of esters is 2. The van der Waals surface area contributed by atoms with Gasteiger partial charge in [-0.1, -0.05) is 134 Å². The third-order valence-electron chi connectivity index (χ3n) is 8.14. The van der Waals surface area contributed by atoms with Crippen LogP contribution in [0.1, 0.15) is 149 Å². The zero-order valence-electron chi connectivity index (χ0n) is 32.9. The van der Waals surface area contributed by atoms with Crippen molar-refractivity contribution in [3.8, 4) is 0 Å². The van der Waals surface area contributed by atoms with Crippen molar-refractivity contribution in [2.24, 2.45) is 5.92 Å². The second-order valence-corrected chi connectivity index (χ2v) is 15.3. The van der Waals surface area contributed by atoms with E-state index >= 15 is 0 Å². The van der Waals surface area contributed by atoms with Crippen LogP contribution in [0.3, 0.4) is 0 Å². The topological polar surface area (TPSA) is 166 Å². The number of rotatable bonds is 36. The predicted octanol–water partition coefficient (Wildman–Crippen LogP) is 9.20. The van der Waals surface area contributed by atoms with E-state index < -0.39 is 51.8 Å². The average molecular weight is 771 g/mol. The van der Waals surface area contributed by atoms with E-state index in [4.69, 9.17) is 19.1 Å². The number of ketones is 1. The van der Waals surface area contributed by atoms with Gasteiger partial charge < -0.3 is 24.6 Å². The van der Waals surface area contributed by atoms with Gasteiger partial charge in [-0.25, -0.2) is 4.57 Å². The van der Waals surface area contributed by atoms with Gasteiger partial charge in [-0.2, -0.15) is 0 Å². The molecule has 0 aliphatic rings. The Morgan fingerprint density at radius 1 is 0.679 bits per heavy atom. The zero-order valence-corrected chi connectivity index (χ0v) is 33.8. The lowest BCUT2D eigenvalue weighted by Crippen LogP contribution is -2.29. The first kappa shape index (κ1) is 50.6. The van der Waals surface area contributed by atoms with Crippen LogP contribution in [-0.2, 0) is 37.5 Å². The summed E-state index contributed by atoms with van der Waals surface area (Å²) in [5.41, 5.74) is 0. The van der Waals surface area contributed by atoms with E-state index in [0.29, 0.717) is 25.7 Å². The molecule has 0 heterocycles. The summed E-state index contributed by atoms with van der Waals surface area (Å²) in [5.74, 6) is -0.108. The van der Waals surface area contributed by atoms with Crippen molar-refractivity contribution in [1.82, 2.24) is 0 Å². The fourth-order valence-electron chi connectivity index (χ4n) is 5.01. The SMILES string of the molecule is CCCCCC(=O)/C=C/C=C\C/C=C\C/C=C\CCCC(=O)OC[C@H](COP(=O)(O)OC[C@@H](O)CO)OC(=O)CCCCCCCCCCCC(C)C. The molecule has 0 bridgehead atoms. The number of hydrogen-bond acceptors (Lipinski definition) is 10. The highest BCUT2D eigenvalue weighted by Gasteiger charge is 2.27. The molecule has 0 rings (SSSR count). The number of allylic oxidation sites excluding steroid dienone is 8. The summed E-state index contributed by atoms with van der Waals surface area (Å²) in [5, 5.41) is 18.3. The van der Waals surface area contributed by atoms with Gasteiger partial charge in [0.1, 0.15) is 12.7 Å². The lowest BCUT2D eigenvalue weighted by molar-refractivity contribution is -0.161. The molecule has 3 N–H and O–H groups in total. The zero-order chi connectivity index (χ0) is 39.4. The summed E-state index contributed by atoms with van der Waals surface area (Å²) in [4.78, 5) is 46.5. The molecule has 0 aliphatic carbocycles. The Bertz CT molecular complexity index is 1100. The lowest BCUT2D eigenvalue weighted by Gasteiger charge is -2.20. The molecular formula is C41H71O11P. The molecular weight excluding hydrogens is 699 g/mol. The molecule has 306 valence electrons. The number of carbonyl (C=O) groups excluding carboxylic acids is 3. The summed E-state index contributed by atoms with van der Waals surface area (Å²) in [7, 11) is -4.64. The van der Waals surface area contributed by atoms with Crippen molar-refractivity contribution < 1.29 is 52.6 Å². The summed E-state index contributed by atoms with van der Waals surface area (Å²) < 4.78 is 32.5. The number of aliphatic hydroxyl groups is 2. The molecule has 0 aliphatic heterocycles. The van der Waals surface area contributed by atoms with E-state index in [-0.39, 0.29) is 25.2 Å². The largest absolute Gasteiger partial charge is 0.472 e. The Balaban J connectivity index is 4.48. The first-order valence-electron chi connectivity index (χ1n) is 19.9. The molecule has 53 heavy (non-hydrogen) atoms. The van der Waals surface area contributed by atoms with E-state index in [1.165, 1.54) is 38.5 Å². The van der Waals surface area contributed by atoms with Crippen LogP contribution in [0.4, 0.5) is 0 Å². The Labute approximate surface area is 319 Å². The average Bonchev–Trinajstić information content (AvgIpc) is 3.12. The van der Waals surface area contributed by atoms with Crippen molar-refractivity contribution in [2.75, 3.05) is 26.4 Å². The fourth-order valence-corrected chi connectivity index (χ4v) is 5.80. The maximum Gasteiger partial charge on any atom is 0.472 e. The van der Waals surface area contributed by atoms with Gasteiger partial charge in [-0.05, 0) is 50.5 Å². The molecule has 0 aromatic heterocycles. The fraction of sp³-hybridized carbons (Fsp3) is 0.732. The van der Waals surface area contributed by atoms with Crippen LogP contribution in [0.2, 0.25) is 0 Å². The molecule has 0 fully saturated rings. The van der Waals surface area contributed by atoms with Crippen LogP contribution < -0.4 is 0 Å². The molecule has 0 saturated heterocycles. The first-order valence-corrected chi connectivity index (χ1v) is 21.4. The van der Waals surface area contributed by atoms with E-state index in [1.807, 2.05) is 36.5 Å². The van der Waals surface area contributed by atoms with E-state index in [1.54, 1.807) is 12.2 Å². The second-order valence-electron chi connectivity index (χ2n) is 13.8. The van der Waals surface area contributed by atoms with Crippen LogP contribution >= 0.6 is 7.82 Å². The Morgan fingerprint density at radius 2 is 1.26 bits per heavy atom.